The van der Waals surface area contributed by atoms with Crippen LogP contribution >= 0.6 is 0 Å². The van der Waals surface area contributed by atoms with E-state index in [9.17, 15) is 0 Å². The second kappa shape index (κ2) is 16.4. The van der Waals surface area contributed by atoms with Crippen LogP contribution < -0.4 is 11.6 Å². The zero-order valence-electron chi connectivity index (χ0n) is 24.4. The van der Waals surface area contributed by atoms with Gasteiger partial charge in [0.25, 0.3) is 0 Å². The maximum atomic E-state index is 6.16. The van der Waals surface area contributed by atoms with Crippen LogP contribution in [0.15, 0.2) is 121 Å². The molecule has 0 unspecified atom stereocenters. The second-order valence-corrected chi connectivity index (χ2v) is 9.80. The van der Waals surface area contributed by atoms with Gasteiger partial charge in [0.2, 0.25) is 0 Å². The van der Waals surface area contributed by atoms with Crippen LogP contribution in [0.4, 0.5) is 0 Å². The van der Waals surface area contributed by atoms with Crippen molar-refractivity contribution in [2.75, 3.05) is 6.54 Å². The number of hydrazine groups is 1. The first-order valence-corrected chi connectivity index (χ1v) is 14.0. The number of aromatic nitrogens is 1. The molecule has 6 nitrogen and oxygen atoms in total. The fraction of sp³-hybridized carbons (Fsp3) is 0.200. The van der Waals surface area contributed by atoms with Crippen molar-refractivity contribution in [3.8, 4) is 11.1 Å². The van der Waals surface area contributed by atoms with E-state index in [4.69, 9.17) is 11.6 Å². The van der Waals surface area contributed by atoms with E-state index >= 15 is 0 Å². The van der Waals surface area contributed by atoms with Crippen LogP contribution in [-0.4, -0.2) is 28.3 Å². The lowest BCUT2D eigenvalue weighted by Gasteiger charge is -2.18. The number of pyridine rings is 1. The van der Waals surface area contributed by atoms with E-state index in [1.54, 1.807) is 23.6 Å². The molecule has 4 aromatic rings. The number of nitrogens with zero attached hydrogens (tertiary/aromatic N) is 4. The standard InChI is InChI=1S/C32H34N6.C3H8/c1-25(30-12-6-7-13-31(30)28-9-4-3-5-10-28)22-38(35-2)20-18-26-14-16-27(17-15-26)23-37(34)24-32(33)29-11-8-19-36-21-29;1-3-2/h3-17,19,21-22,24H,2,18,20,23,33-34H2,1H3;3H2,1-2H3/b25-22+,32-24-;. The minimum atomic E-state index is 0.546. The molecular weight excluding hydrogens is 504 g/mol. The largest absolute Gasteiger partial charge is 0.397 e. The van der Waals surface area contributed by atoms with E-state index < -0.39 is 0 Å². The van der Waals surface area contributed by atoms with Gasteiger partial charge in [-0.2, -0.15) is 5.10 Å². The molecule has 0 saturated heterocycles. The highest BCUT2D eigenvalue weighted by Gasteiger charge is 2.08. The van der Waals surface area contributed by atoms with Gasteiger partial charge in [0.05, 0.1) is 12.2 Å². The molecule has 1 heterocycles. The van der Waals surface area contributed by atoms with Crippen molar-refractivity contribution in [1.29, 1.82) is 0 Å². The maximum Gasteiger partial charge on any atom is 0.0586 e. The van der Waals surface area contributed by atoms with Crippen LogP contribution in [0.2, 0.25) is 0 Å². The van der Waals surface area contributed by atoms with Gasteiger partial charge in [0.1, 0.15) is 0 Å². The van der Waals surface area contributed by atoms with E-state index in [0.29, 0.717) is 12.2 Å². The normalized spacial score (nSPS) is 11.3. The van der Waals surface area contributed by atoms with Crippen LogP contribution in [-0.2, 0) is 13.0 Å². The Labute approximate surface area is 245 Å². The summed E-state index contributed by atoms with van der Waals surface area (Å²) in [4.78, 5) is 4.09. The number of allylic oxidation sites excluding steroid dienone is 1. The number of nitrogens with two attached hydrogens (primary N) is 2. The third kappa shape index (κ3) is 9.78. The van der Waals surface area contributed by atoms with E-state index in [1.807, 2.05) is 23.2 Å². The lowest BCUT2D eigenvalue weighted by atomic mass is 9.96. The van der Waals surface area contributed by atoms with E-state index in [2.05, 4.69) is 117 Å². The van der Waals surface area contributed by atoms with E-state index in [0.717, 1.165) is 29.7 Å². The van der Waals surface area contributed by atoms with Crippen molar-refractivity contribution in [2.24, 2.45) is 16.7 Å². The van der Waals surface area contributed by atoms with Gasteiger partial charge in [-0.25, -0.2) is 5.84 Å². The van der Waals surface area contributed by atoms with Gasteiger partial charge in [-0.1, -0.05) is 99.1 Å². The molecule has 4 rings (SSSR count). The molecule has 0 aliphatic rings. The van der Waals surface area contributed by atoms with Gasteiger partial charge >= 0.3 is 0 Å². The van der Waals surface area contributed by atoms with Crippen LogP contribution in [0.1, 0.15) is 49.4 Å². The van der Waals surface area contributed by atoms with Crippen molar-refractivity contribution in [3.63, 3.8) is 0 Å². The summed E-state index contributed by atoms with van der Waals surface area (Å²) in [5, 5.41) is 7.73. The minimum absolute atomic E-state index is 0.546. The summed E-state index contributed by atoms with van der Waals surface area (Å²) in [6.07, 6.45) is 9.31. The lowest BCUT2D eigenvalue weighted by molar-refractivity contribution is 0.387. The smallest absolute Gasteiger partial charge is 0.0586 e. The molecule has 0 aliphatic carbocycles. The number of hydrogen-bond acceptors (Lipinski definition) is 6. The van der Waals surface area contributed by atoms with Gasteiger partial charge in [-0.05, 0) is 58.9 Å². The first-order valence-electron chi connectivity index (χ1n) is 14.0. The van der Waals surface area contributed by atoms with Crippen molar-refractivity contribution < 1.29 is 0 Å². The van der Waals surface area contributed by atoms with Crippen LogP contribution in [0, 0.1) is 0 Å². The molecule has 1 aromatic heterocycles. The Morgan fingerprint density at radius 3 is 2.20 bits per heavy atom. The molecular formula is C35H42N6. The SMILES string of the molecule is C=NN(/C=C(\C)c1ccccc1-c1ccccc1)CCc1ccc(CN(N)/C=C(\N)c2cccnc2)cc1.CCC. The van der Waals surface area contributed by atoms with E-state index in [-0.39, 0.29) is 0 Å². The molecule has 0 fully saturated rings. The number of benzene rings is 3. The minimum Gasteiger partial charge on any atom is -0.397 e. The monoisotopic (exact) mass is 546 g/mol. The topological polar surface area (TPSA) is 83.8 Å². The molecule has 41 heavy (non-hydrogen) atoms. The Hall–Kier alpha value is -4.68. The summed E-state index contributed by atoms with van der Waals surface area (Å²) < 4.78 is 0. The third-order valence-corrected chi connectivity index (χ3v) is 6.28. The van der Waals surface area contributed by atoms with Crippen molar-refractivity contribution >= 4 is 18.0 Å². The van der Waals surface area contributed by atoms with Crippen LogP contribution in [0.5, 0.6) is 0 Å². The molecule has 0 bridgehead atoms. The van der Waals surface area contributed by atoms with E-state index in [1.165, 1.54) is 28.7 Å². The highest BCUT2D eigenvalue weighted by molar-refractivity contribution is 5.80. The summed E-state index contributed by atoms with van der Waals surface area (Å²) in [6.45, 7) is 11.4. The maximum absolute atomic E-state index is 6.16. The van der Waals surface area contributed by atoms with Gasteiger partial charge in [-0.15, -0.1) is 0 Å². The zero-order chi connectivity index (χ0) is 29.5. The first-order chi connectivity index (χ1) is 19.9. The Kier molecular flexibility index (Phi) is 12.4. The average Bonchev–Trinajstić information content (AvgIpc) is 3.01. The molecule has 0 spiro atoms. The summed E-state index contributed by atoms with van der Waals surface area (Å²) in [6, 6.07) is 31.0. The molecule has 4 N–H and O–H groups in total. The van der Waals surface area contributed by atoms with Crippen molar-refractivity contribution in [3.05, 3.63) is 138 Å². The quantitative estimate of drug-likeness (QED) is 0.117. The predicted octanol–water partition coefficient (Wildman–Crippen LogP) is 7.32. The Morgan fingerprint density at radius 2 is 1.54 bits per heavy atom. The first kappa shape index (κ1) is 30.9. The summed E-state index contributed by atoms with van der Waals surface area (Å²) in [7, 11) is 0. The number of rotatable bonds is 11. The molecule has 0 radical (unpaired) electrons. The highest BCUT2D eigenvalue weighted by Crippen LogP contribution is 2.29. The third-order valence-electron chi connectivity index (χ3n) is 6.28. The van der Waals surface area contributed by atoms with Gasteiger partial charge in [0.15, 0.2) is 0 Å². The molecule has 0 amide bonds. The Bertz CT molecular complexity index is 1400. The second-order valence-electron chi connectivity index (χ2n) is 9.80. The molecule has 0 atom stereocenters. The van der Waals surface area contributed by atoms with Crippen LogP contribution in [0.25, 0.3) is 22.4 Å². The lowest BCUT2D eigenvalue weighted by Crippen LogP contribution is -2.25. The molecule has 3 aromatic carbocycles. The molecule has 6 heteroatoms. The molecule has 0 aliphatic heterocycles. The van der Waals surface area contributed by atoms with Gasteiger partial charge in [-0.3, -0.25) is 9.99 Å². The van der Waals surface area contributed by atoms with Gasteiger partial charge in [0, 0.05) is 43.6 Å². The van der Waals surface area contributed by atoms with Crippen LogP contribution in [0.3, 0.4) is 0 Å². The van der Waals surface area contributed by atoms with Gasteiger partial charge < -0.3 is 10.7 Å². The van der Waals surface area contributed by atoms with Crippen molar-refractivity contribution in [2.45, 2.75) is 40.2 Å². The molecule has 0 saturated carbocycles. The highest BCUT2D eigenvalue weighted by atomic mass is 15.4. The Balaban J connectivity index is 0.00000147. The predicted molar refractivity (Wildman–Crippen MR) is 174 cm³/mol. The number of hydrogen-bond donors (Lipinski definition) is 2. The summed E-state index contributed by atoms with van der Waals surface area (Å²) in [5.74, 6) is 6.16. The average molecular weight is 547 g/mol. The summed E-state index contributed by atoms with van der Waals surface area (Å²) >= 11 is 0. The Morgan fingerprint density at radius 1 is 0.878 bits per heavy atom. The van der Waals surface area contributed by atoms with Crippen molar-refractivity contribution in [1.82, 2.24) is 15.0 Å². The number of hydrazone groups is 1. The zero-order valence-corrected chi connectivity index (χ0v) is 24.4. The molecule has 212 valence electrons. The fourth-order valence-corrected chi connectivity index (χ4v) is 4.26. The fourth-order valence-electron chi connectivity index (χ4n) is 4.26. The summed E-state index contributed by atoms with van der Waals surface area (Å²) in [5.41, 5.74) is 14.6.